The van der Waals surface area contributed by atoms with Gasteiger partial charge in [0.25, 0.3) is 5.91 Å². The zero-order valence-electron chi connectivity index (χ0n) is 21.8. The molecule has 0 aliphatic rings. The van der Waals surface area contributed by atoms with Crippen molar-refractivity contribution in [2.45, 2.75) is 40.0 Å². The Hall–Kier alpha value is -3.27. The van der Waals surface area contributed by atoms with E-state index in [0.717, 1.165) is 6.07 Å². The summed E-state index contributed by atoms with van der Waals surface area (Å²) < 4.78 is 93.9. The van der Waals surface area contributed by atoms with Crippen molar-refractivity contribution in [3.05, 3.63) is 42.0 Å². The van der Waals surface area contributed by atoms with Crippen LogP contribution < -0.4 is 27.3 Å². The van der Waals surface area contributed by atoms with Gasteiger partial charge in [-0.05, 0) is 66.6 Å². The van der Waals surface area contributed by atoms with Crippen LogP contribution in [0.25, 0.3) is 0 Å². The standard InChI is InChI=1S/C21H26B2F5N3O10S2/c24-43(25,26,27,28)17-9-14(23(38)39)8-16(10-17)42(40,41)15-6-12(5-13(7-15)22(36)37)20(33)31-11-19(32)30-4-2-1-3-18(29)21(34)35/h5-10,18,36-39H,1-4,11,29H2,(H,30,32)(H,31,33)(H,34,35)/t18-/m0/s1. The van der Waals surface area contributed by atoms with E-state index >= 15 is 0 Å². The van der Waals surface area contributed by atoms with Crippen molar-refractivity contribution in [1.29, 1.82) is 0 Å². The third-order valence-corrected chi connectivity index (χ3v) is 8.59. The fraction of sp³-hybridized carbons (Fsp3) is 0.286. The van der Waals surface area contributed by atoms with Crippen molar-refractivity contribution in [3.8, 4) is 0 Å². The lowest BCUT2D eigenvalue weighted by molar-refractivity contribution is -0.138. The number of hydrogen-bond donors (Lipinski definition) is 8. The molecule has 2 aromatic carbocycles. The Balaban J connectivity index is 2.33. The number of unbranched alkanes of at least 4 members (excludes halogenated alkanes) is 1. The van der Waals surface area contributed by atoms with Crippen LogP contribution in [0.3, 0.4) is 0 Å². The molecule has 0 radical (unpaired) electrons. The van der Waals surface area contributed by atoms with Gasteiger partial charge in [0.1, 0.15) is 10.9 Å². The highest BCUT2D eigenvalue weighted by Crippen LogP contribution is 3.02. The third-order valence-electron chi connectivity index (χ3n) is 5.75. The van der Waals surface area contributed by atoms with E-state index in [1.807, 2.05) is 0 Å². The number of halogens is 5. The summed E-state index contributed by atoms with van der Waals surface area (Å²) >= 11 is 0. The first-order chi connectivity index (χ1) is 19.4. The number of hydrogen-bond acceptors (Lipinski definition) is 10. The first kappa shape index (κ1) is 35.9. The molecule has 0 aliphatic heterocycles. The number of amides is 2. The molecule has 43 heavy (non-hydrogen) atoms. The summed E-state index contributed by atoms with van der Waals surface area (Å²) in [6.07, 6.45) is 0.848. The molecule has 9 N–H and O–H groups in total. The smallest absolute Gasteiger partial charge is 0.480 e. The molecule has 0 saturated carbocycles. The normalized spacial score (nSPS) is 14.2. The molecule has 0 aliphatic carbocycles. The van der Waals surface area contributed by atoms with E-state index in [9.17, 15) is 62.3 Å². The van der Waals surface area contributed by atoms with E-state index < -0.39 is 102 Å². The fourth-order valence-corrected chi connectivity index (χ4v) is 5.68. The van der Waals surface area contributed by atoms with Gasteiger partial charge in [0.15, 0.2) is 0 Å². The van der Waals surface area contributed by atoms with Gasteiger partial charge in [0.2, 0.25) is 15.7 Å². The van der Waals surface area contributed by atoms with Gasteiger partial charge in [0.05, 0.1) is 16.3 Å². The van der Waals surface area contributed by atoms with Gasteiger partial charge in [-0.25, -0.2) is 8.42 Å². The zero-order chi connectivity index (χ0) is 33.0. The number of aliphatic carboxylic acids is 1. The number of benzene rings is 2. The number of rotatable bonds is 14. The predicted molar refractivity (Wildman–Crippen MR) is 144 cm³/mol. The van der Waals surface area contributed by atoms with Crippen molar-refractivity contribution in [2.75, 3.05) is 13.1 Å². The van der Waals surface area contributed by atoms with E-state index in [0.29, 0.717) is 25.0 Å². The summed E-state index contributed by atoms with van der Waals surface area (Å²) in [7, 11) is -21.0. The van der Waals surface area contributed by atoms with Crippen LogP contribution >= 0.6 is 10.2 Å². The van der Waals surface area contributed by atoms with Crippen molar-refractivity contribution in [3.63, 3.8) is 0 Å². The maximum absolute atomic E-state index is 13.5. The average molecular weight is 661 g/mol. The molecule has 0 saturated heterocycles. The van der Waals surface area contributed by atoms with Crippen molar-refractivity contribution < 1.29 is 67.4 Å². The summed E-state index contributed by atoms with van der Waals surface area (Å²) in [5.74, 6) is -3.08. The predicted octanol–water partition coefficient (Wildman–Crippen LogP) is -1.04. The van der Waals surface area contributed by atoms with Crippen LogP contribution in [0.15, 0.2) is 51.1 Å². The van der Waals surface area contributed by atoms with Crippen LogP contribution in [0.2, 0.25) is 0 Å². The van der Waals surface area contributed by atoms with Crippen molar-refractivity contribution in [1.82, 2.24) is 10.6 Å². The monoisotopic (exact) mass is 661 g/mol. The minimum absolute atomic E-state index is 0.0815. The molecular formula is C21H26B2F5N3O10S2. The van der Waals surface area contributed by atoms with Crippen LogP contribution in [0.1, 0.15) is 29.6 Å². The molecule has 0 unspecified atom stereocenters. The largest absolute Gasteiger partial charge is 0.488 e. The lowest BCUT2D eigenvalue weighted by atomic mass is 9.79. The second kappa shape index (κ2) is 12.4. The third kappa shape index (κ3) is 10.2. The first-order valence-corrected chi connectivity index (χ1v) is 15.4. The summed E-state index contributed by atoms with van der Waals surface area (Å²) in [5.41, 5.74) is 2.80. The molecule has 0 fully saturated rings. The van der Waals surface area contributed by atoms with Gasteiger partial charge >= 0.3 is 30.4 Å². The Morgan fingerprint density at radius 1 is 0.837 bits per heavy atom. The van der Waals surface area contributed by atoms with Crippen LogP contribution in [0, 0.1) is 0 Å². The molecule has 0 spiro atoms. The van der Waals surface area contributed by atoms with Crippen LogP contribution in [-0.4, -0.2) is 84.8 Å². The lowest BCUT2D eigenvalue weighted by Crippen LogP contribution is -2.38. The molecule has 1 atom stereocenters. The average Bonchev–Trinajstić information content (AvgIpc) is 2.89. The van der Waals surface area contributed by atoms with E-state index in [2.05, 4.69) is 10.6 Å². The number of carbonyl (C=O) groups excluding carboxylic acids is 2. The Kier molecular flexibility index (Phi) is 10.3. The van der Waals surface area contributed by atoms with Gasteiger partial charge in [0, 0.05) is 12.1 Å². The van der Waals surface area contributed by atoms with Gasteiger partial charge in [-0.1, -0.05) is 19.4 Å². The highest BCUT2D eigenvalue weighted by molar-refractivity contribution is 8.45. The van der Waals surface area contributed by atoms with Gasteiger partial charge < -0.3 is 41.6 Å². The minimum Gasteiger partial charge on any atom is -0.480 e. The number of carboxylic acids is 1. The maximum atomic E-state index is 13.5. The molecule has 2 rings (SSSR count). The van der Waals surface area contributed by atoms with E-state index in [4.69, 9.17) is 10.8 Å². The summed E-state index contributed by atoms with van der Waals surface area (Å²) in [6, 6.07) is 0.280. The Morgan fingerprint density at radius 3 is 1.88 bits per heavy atom. The summed E-state index contributed by atoms with van der Waals surface area (Å²) in [6.45, 7) is -0.594. The summed E-state index contributed by atoms with van der Waals surface area (Å²) in [5, 5.41) is 50.9. The Labute approximate surface area is 241 Å². The maximum Gasteiger partial charge on any atom is 0.488 e. The van der Waals surface area contributed by atoms with Gasteiger partial charge in [-0.2, -0.15) is 0 Å². The number of carboxylic acid groups (broad SMARTS) is 1. The summed E-state index contributed by atoms with van der Waals surface area (Å²) in [4.78, 5) is 30.0. The topological polar surface area (TPSA) is 237 Å². The minimum atomic E-state index is -10.6. The first-order valence-electron chi connectivity index (χ1n) is 12.0. The number of nitrogens with two attached hydrogens (primary N) is 1. The molecule has 238 valence electrons. The van der Waals surface area contributed by atoms with E-state index in [1.54, 1.807) is 0 Å². The SMILES string of the molecule is N[C@@H](CCCCNC(=O)CNC(=O)c1cc(B(O)O)cc(S(=O)(=O)c2cc(B(O)O)cc(S(F)(F)(F)(F)F)c2)c1)C(=O)O. The highest BCUT2D eigenvalue weighted by atomic mass is 32.5. The molecule has 0 bridgehead atoms. The molecule has 0 aromatic heterocycles. The Morgan fingerprint density at radius 2 is 1.37 bits per heavy atom. The number of sulfone groups is 1. The molecule has 0 heterocycles. The van der Waals surface area contributed by atoms with Crippen molar-refractivity contribution >= 4 is 63.0 Å². The van der Waals surface area contributed by atoms with E-state index in [1.165, 1.54) is 0 Å². The molecule has 13 nitrogen and oxygen atoms in total. The fourth-order valence-electron chi connectivity index (χ4n) is 3.48. The van der Waals surface area contributed by atoms with E-state index in [-0.39, 0.29) is 25.1 Å². The van der Waals surface area contributed by atoms with Gasteiger partial charge in [-0.15, -0.1) is 0 Å². The molecular weight excluding hydrogens is 635 g/mol. The van der Waals surface area contributed by atoms with Gasteiger partial charge in [-0.3, -0.25) is 14.4 Å². The highest BCUT2D eigenvalue weighted by Gasteiger charge is 2.65. The molecule has 2 aromatic rings. The van der Waals surface area contributed by atoms with Crippen molar-refractivity contribution in [2.24, 2.45) is 5.73 Å². The van der Waals surface area contributed by atoms with Crippen LogP contribution in [0.4, 0.5) is 19.4 Å². The quantitative estimate of drug-likeness (QED) is 0.0692. The number of carbonyl (C=O) groups is 3. The second-order valence-electron chi connectivity index (χ2n) is 9.22. The molecule has 22 heteroatoms. The lowest BCUT2D eigenvalue weighted by Gasteiger charge is -2.40. The van der Waals surface area contributed by atoms with Crippen LogP contribution in [0.5, 0.6) is 0 Å². The Bertz CT molecular complexity index is 1510. The molecule has 2 amide bonds. The zero-order valence-corrected chi connectivity index (χ0v) is 23.4. The second-order valence-corrected chi connectivity index (χ2v) is 13.6. The number of nitrogens with one attached hydrogen (secondary N) is 2. The van der Waals surface area contributed by atoms with Crippen LogP contribution in [-0.2, 0) is 19.4 Å².